The highest BCUT2D eigenvalue weighted by Gasteiger charge is 2.21. The van der Waals surface area contributed by atoms with E-state index in [0.717, 1.165) is 17.5 Å². The second-order valence-corrected chi connectivity index (χ2v) is 5.07. The van der Waals surface area contributed by atoms with E-state index >= 15 is 0 Å². The molecule has 0 fully saturated rings. The normalized spacial score (nSPS) is 23.8. The summed E-state index contributed by atoms with van der Waals surface area (Å²) in [6.45, 7) is 7.27. The summed E-state index contributed by atoms with van der Waals surface area (Å²) in [5.41, 5.74) is 0. The molecule has 0 saturated heterocycles. The second-order valence-electron chi connectivity index (χ2n) is 4.06. The second kappa shape index (κ2) is 5.61. The molecule has 0 aromatic rings. The smallest absolute Gasteiger partial charge is 0.157 e. The van der Waals surface area contributed by atoms with Gasteiger partial charge in [0.05, 0.1) is 12.6 Å². The van der Waals surface area contributed by atoms with Gasteiger partial charge in [0.15, 0.2) is 5.17 Å². The summed E-state index contributed by atoms with van der Waals surface area (Å²) in [5, 5.41) is 4.43. The maximum atomic E-state index is 5.06. The van der Waals surface area contributed by atoms with Gasteiger partial charge in [-0.15, -0.1) is 0 Å². The number of methoxy groups -OCH3 is 1. The van der Waals surface area contributed by atoms with Gasteiger partial charge in [-0.1, -0.05) is 25.6 Å². The molecule has 0 aromatic carbocycles. The minimum atomic E-state index is 0.345. The van der Waals surface area contributed by atoms with Gasteiger partial charge in [-0.05, 0) is 12.8 Å². The molecule has 82 valence electrons. The molecule has 0 bridgehead atoms. The molecule has 0 spiro atoms. The Labute approximate surface area is 90.7 Å². The van der Waals surface area contributed by atoms with Crippen molar-refractivity contribution in [3.8, 4) is 0 Å². The molecule has 4 heteroatoms. The van der Waals surface area contributed by atoms with Gasteiger partial charge in [0.1, 0.15) is 0 Å². The number of rotatable bonds is 4. The number of hydrogen-bond acceptors (Lipinski definition) is 4. The lowest BCUT2D eigenvalue weighted by molar-refractivity contribution is 0.179. The van der Waals surface area contributed by atoms with Crippen LogP contribution in [0, 0.1) is 5.92 Å². The van der Waals surface area contributed by atoms with Crippen molar-refractivity contribution >= 4 is 16.9 Å². The van der Waals surface area contributed by atoms with E-state index in [9.17, 15) is 0 Å². The minimum Gasteiger partial charge on any atom is -0.383 e. The average Bonchev–Trinajstić information content (AvgIpc) is 2.53. The maximum absolute atomic E-state index is 5.06. The maximum Gasteiger partial charge on any atom is 0.157 e. The quantitative estimate of drug-likeness (QED) is 0.777. The van der Waals surface area contributed by atoms with Crippen molar-refractivity contribution in [1.82, 2.24) is 5.32 Å². The van der Waals surface area contributed by atoms with Gasteiger partial charge in [0, 0.05) is 18.9 Å². The highest BCUT2D eigenvalue weighted by atomic mass is 32.2. The van der Waals surface area contributed by atoms with Crippen molar-refractivity contribution in [2.24, 2.45) is 10.9 Å². The van der Waals surface area contributed by atoms with Crippen molar-refractivity contribution in [3.05, 3.63) is 0 Å². The molecule has 1 unspecified atom stereocenters. The molecule has 0 radical (unpaired) electrons. The van der Waals surface area contributed by atoms with E-state index in [0.29, 0.717) is 18.0 Å². The minimum absolute atomic E-state index is 0.345. The van der Waals surface area contributed by atoms with Crippen LogP contribution in [0.3, 0.4) is 0 Å². The summed E-state index contributed by atoms with van der Waals surface area (Å²) in [6, 6.07) is 0.828. The van der Waals surface area contributed by atoms with Crippen molar-refractivity contribution in [1.29, 1.82) is 0 Å². The van der Waals surface area contributed by atoms with Crippen LogP contribution in [-0.2, 0) is 4.74 Å². The summed E-state index contributed by atoms with van der Waals surface area (Å²) in [5.74, 6) is 1.75. The van der Waals surface area contributed by atoms with Gasteiger partial charge < -0.3 is 10.1 Å². The van der Waals surface area contributed by atoms with Crippen molar-refractivity contribution < 1.29 is 4.74 Å². The van der Waals surface area contributed by atoms with Gasteiger partial charge in [-0.2, -0.15) is 0 Å². The molecule has 1 N–H and O–H groups in total. The van der Waals surface area contributed by atoms with E-state index < -0.39 is 0 Å². The zero-order valence-electron chi connectivity index (χ0n) is 9.41. The van der Waals surface area contributed by atoms with Crippen LogP contribution in [0.2, 0.25) is 0 Å². The van der Waals surface area contributed by atoms with Gasteiger partial charge >= 0.3 is 0 Å². The van der Waals surface area contributed by atoms with E-state index in [4.69, 9.17) is 4.74 Å². The Morgan fingerprint density at radius 1 is 1.57 bits per heavy atom. The SMILES string of the molecule is COCC(C)NC1=N[C@@H](C(C)C)CS1. The Kier molecular flexibility index (Phi) is 4.75. The van der Waals surface area contributed by atoms with Crippen LogP contribution in [0.15, 0.2) is 4.99 Å². The molecule has 3 nitrogen and oxygen atoms in total. The van der Waals surface area contributed by atoms with Crippen LogP contribution < -0.4 is 5.32 Å². The Bertz CT molecular complexity index is 206. The van der Waals surface area contributed by atoms with E-state index in [1.54, 1.807) is 7.11 Å². The number of thioether (sulfide) groups is 1. The highest BCUT2D eigenvalue weighted by molar-refractivity contribution is 8.14. The van der Waals surface area contributed by atoms with Crippen LogP contribution in [0.1, 0.15) is 20.8 Å². The predicted octanol–water partition coefficient (Wildman–Crippen LogP) is 1.74. The molecule has 14 heavy (non-hydrogen) atoms. The van der Waals surface area contributed by atoms with Gasteiger partial charge in [0.2, 0.25) is 0 Å². The molecule has 1 heterocycles. The first-order chi connectivity index (χ1) is 6.63. The number of nitrogens with one attached hydrogen (secondary N) is 1. The van der Waals surface area contributed by atoms with Gasteiger partial charge in [-0.25, -0.2) is 0 Å². The van der Waals surface area contributed by atoms with Crippen molar-refractivity contribution in [3.63, 3.8) is 0 Å². The lowest BCUT2D eigenvalue weighted by Crippen LogP contribution is -2.33. The Morgan fingerprint density at radius 2 is 2.29 bits per heavy atom. The standard InChI is InChI=1S/C10H20N2OS/c1-7(2)9-6-14-10(12-9)11-8(3)5-13-4/h7-9H,5-6H2,1-4H3,(H,11,12)/t8?,9-/m1/s1. The summed E-state index contributed by atoms with van der Waals surface area (Å²) >= 11 is 1.82. The topological polar surface area (TPSA) is 33.6 Å². The number of hydrogen-bond donors (Lipinski definition) is 1. The average molecular weight is 216 g/mol. The van der Waals surface area contributed by atoms with E-state index in [-0.39, 0.29) is 0 Å². The summed E-state index contributed by atoms with van der Waals surface area (Å²) < 4.78 is 5.06. The lowest BCUT2D eigenvalue weighted by Gasteiger charge is -2.12. The third-order valence-corrected chi connectivity index (χ3v) is 3.23. The zero-order valence-corrected chi connectivity index (χ0v) is 10.2. The molecule has 1 rings (SSSR count). The molecule has 0 amide bonds. The number of amidine groups is 1. The Hall–Kier alpha value is -0.220. The number of ether oxygens (including phenoxy) is 1. The molecular formula is C10H20N2OS. The largest absolute Gasteiger partial charge is 0.383 e. The van der Waals surface area contributed by atoms with Crippen LogP contribution in [0.4, 0.5) is 0 Å². The molecule has 0 saturated carbocycles. The number of nitrogens with zero attached hydrogens (tertiary/aromatic N) is 1. The monoisotopic (exact) mass is 216 g/mol. The van der Waals surface area contributed by atoms with Gasteiger partial charge in [-0.3, -0.25) is 4.99 Å². The first kappa shape index (κ1) is 11.9. The van der Waals surface area contributed by atoms with Crippen LogP contribution in [0.25, 0.3) is 0 Å². The molecule has 0 aromatic heterocycles. The Morgan fingerprint density at radius 3 is 2.79 bits per heavy atom. The van der Waals surface area contributed by atoms with Gasteiger partial charge in [0.25, 0.3) is 0 Å². The lowest BCUT2D eigenvalue weighted by atomic mass is 10.1. The fourth-order valence-electron chi connectivity index (χ4n) is 1.31. The van der Waals surface area contributed by atoms with E-state index in [1.807, 2.05) is 11.8 Å². The first-order valence-electron chi connectivity index (χ1n) is 5.09. The third kappa shape index (κ3) is 3.50. The fraction of sp³-hybridized carbons (Fsp3) is 0.900. The predicted molar refractivity (Wildman–Crippen MR) is 63.0 cm³/mol. The molecule has 0 aliphatic carbocycles. The van der Waals surface area contributed by atoms with E-state index in [1.165, 1.54) is 0 Å². The van der Waals surface area contributed by atoms with Crippen LogP contribution in [-0.4, -0.2) is 36.7 Å². The first-order valence-corrected chi connectivity index (χ1v) is 6.08. The molecule has 1 aliphatic heterocycles. The molecule has 1 aliphatic rings. The van der Waals surface area contributed by atoms with Crippen molar-refractivity contribution in [2.75, 3.05) is 19.5 Å². The van der Waals surface area contributed by atoms with E-state index in [2.05, 4.69) is 31.1 Å². The molecule has 2 atom stereocenters. The summed E-state index contributed by atoms with van der Waals surface area (Å²) in [4.78, 5) is 4.62. The summed E-state index contributed by atoms with van der Waals surface area (Å²) in [7, 11) is 1.72. The fourth-order valence-corrected chi connectivity index (χ4v) is 2.59. The summed E-state index contributed by atoms with van der Waals surface area (Å²) in [6.07, 6.45) is 0. The molecular weight excluding hydrogens is 196 g/mol. The highest BCUT2D eigenvalue weighted by Crippen LogP contribution is 2.22. The Balaban J connectivity index is 2.36. The van der Waals surface area contributed by atoms with Crippen LogP contribution >= 0.6 is 11.8 Å². The van der Waals surface area contributed by atoms with Crippen molar-refractivity contribution in [2.45, 2.75) is 32.9 Å². The number of aliphatic imine (C=N–C) groups is 1. The van der Waals surface area contributed by atoms with Crippen LogP contribution in [0.5, 0.6) is 0 Å². The third-order valence-electron chi connectivity index (χ3n) is 2.23. The zero-order chi connectivity index (χ0) is 10.6.